The van der Waals surface area contributed by atoms with Crippen LogP contribution in [0.15, 0.2) is 18.2 Å². The number of β-amino-alcohol motifs (C(OH)–C–C–N with tert-alkyl or cyclic N) is 1. The standard InChI is InChI=1S/C14H19FN2OS/c1-14(18)5-2-6-17(9-14)8-10-3-4-11(15)7-12(10)13(16)19/h3-4,7,18H,2,5-6,8-9H2,1H3,(H2,16,19). The molecule has 104 valence electrons. The quantitative estimate of drug-likeness (QED) is 0.830. The number of likely N-dealkylation sites (tertiary alicyclic amines) is 1. The zero-order valence-electron chi connectivity index (χ0n) is 11.0. The maximum atomic E-state index is 13.2. The minimum atomic E-state index is -0.651. The summed E-state index contributed by atoms with van der Waals surface area (Å²) in [6, 6.07) is 4.51. The van der Waals surface area contributed by atoms with Crippen LogP contribution < -0.4 is 5.73 Å². The summed E-state index contributed by atoms with van der Waals surface area (Å²) in [6.45, 7) is 4.01. The summed E-state index contributed by atoms with van der Waals surface area (Å²) in [5, 5.41) is 10.1. The number of hydrogen-bond donors (Lipinski definition) is 2. The molecule has 0 amide bonds. The third-order valence-electron chi connectivity index (χ3n) is 3.49. The maximum Gasteiger partial charge on any atom is 0.123 e. The van der Waals surface area contributed by atoms with Crippen molar-refractivity contribution in [3.05, 3.63) is 35.1 Å². The first-order valence-electron chi connectivity index (χ1n) is 6.40. The van der Waals surface area contributed by atoms with E-state index in [0.29, 0.717) is 18.7 Å². The van der Waals surface area contributed by atoms with Gasteiger partial charge in [-0.05, 0) is 44.0 Å². The van der Waals surface area contributed by atoms with E-state index in [9.17, 15) is 9.50 Å². The molecule has 1 saturated heterocycles. The van der Waals surface area contributed by atoms with Crippen LogP contribution >= 0.6 is 12.2 Å². The first-order valence-corrected chi connectivity index (χ1v) is 6.81. The van der Waals surface area contributed by atoms with Gasteiger partial charge in [0.25, 0.3) is 0 Å². The van der Waals surface area contributed by atoms with Crippen LogP contribution in [-0.2, 0) is 6.54 Å². The van der Waals surface area contributed by atoms with E-state index in [2.05, 4.69) is 4.90 Å². The third-order valence-corrected chi connectivity index (χ3v) is 3.71. The number of halogens is 1. The Morgan fingerprint density at radius 1 is 1.58 bits per heavy atom. The molecule has 5 heteroatoms. The van der Waals surface area contributed by atoms with Gasteiger partial charge < -0.3 is 10.8 Å². The Morgan fingerprint density at radius 3 is 2.95 bits per heavy atom. The smallest absolute Gasteiger partial charge is 0.123 e. The Kier molecular flexibility index (Phi) is 4.18. The number of aliphatic hydroxyl groups is 1. The average molecular weight is 282 g/mol. The Morgan fingerprint density at radius 2 is 2.32 bits per heavy atom. The van der Waals surface area contributed by atoms with Crippen LogP contribution in [0, 0.1) is 5.82 Å². The van der Waals surface area contributed by atoms with Gasteiger partial charge in [-0.2, -0.15) is 0 Å². The van der Waals surface area contributed by atoms with E-state index in [1.807, 2.05) is 6.92 Å². The fourth-order valence-electron chi connectivity index (χ4n) is 2.62. The molecule has 0 bridgehead atoms. The molecule has 1 unspecified atom stereocenters. The molecule has 1 fully saturated rings. The molecule has 2 rings (SSSR count). The molecule has 0 aromatic heterocycles. The number of thiocarbonyl (C=S) groups is 1. The van der Waals surface area contributed by atoms with E-state index >= 15 is 0 Å². The first kappa shape index (κ1) is 14.4. The monoisotopic (exact) mass is 282 g/mol. The SMILES string of the molecule is CC1(O)CCCN(Cc2ccc(F)cc2C(N)=S)C1. The second-order valence-corrected chi connectivity index (χ2v) is 5.92. The maximum absolute atomic E-state index is 13.2. The van der Waals surface area contributed by atoms with Gasteiger partial charge >= 0.3 is 0 Å². The molecular weight excluding hydrogens is 263 g/mol. The molecule has 0 radical (unpaired) electrons. The Hall–Kier alpha value is -1.04. The zero-order valence-corrected chi connectivity index (χ0v) is 11.8. The van der Waals surface area contributed by atoms with Crippen molar-refractivity contribution in [2.75, 3.05) is 13.1 Å². The van der Waals surface area contributed by atoms with Gasteiger partial charge in [-0.1, -0.05) is 18.3 Å². The highest BCUT2D eigenvalue weighted by Gasteiger charge is 2.28. The van der Waals surface area contributed by atoms with Gasteiger partial charge in [-0.3, -0.25) is 4.90 Å². The lowest BCUT2D eigenvalue weighted by atomic mass is 9.94. The fourth-order valence-corrected chi connectivity index (χ4v) is 2.81. The van der Waals surface area contributed by atoms with Gasteiger partial charge in [-0.15, -0.1) is 0 Å². The van der Waals surface area contributed by atoms with E-state index in [1.165, 1.54) is 12.1 Å². The topological polar surface area (TPSA) is 49.5 Å². The average Bonchev–Trinajstić information content (AvgIpc) is 2.30. The van der Waals surface area contributed by atoms with Crippen molar-refractivity contribution in [3.63, 3.8) is 0 Å². The van der Waals surface area contributed by atoms with Crippen molar-refractivity contribution in [2.45, 2.75) is 31.9 Å². The van der Waals surface area contributed by atoms with Gasteiger partial charge in [0.05, 0.1) is 5.60 Å². The third kappa shape index (κ3) is 3.72. The number of piperidine rings is 1. The summed E-state index contributed by atoms with van der Waals surface area (Å²) >= 11 is 4.97. The number of nitrogens with zero attached hydrogens (tertiary/aromatic N) is 1. The zero-order chi connectivity index (χ0) is 14.0. The van der Waals surface area contributed by atoms with E-state index in [1.54, 1.807) is 6.07 Å². The molecule has 0 aliphatic carbocycles. The molecule has 1 atom stereocenters. The summed E-state index contributed by atoms with van der Waals surface area (Å²) in [5.74, 6) is -0.336. The highest BCUT2D eigenvalue weighted by atomic mass is 32.1. The van der Waals surface area contributed by atoms with Crippen LogP contribution in [0.25, 0.3) is 0 Å². The second kappa shape index (κ2) is 5.53. The van der Waals surface area contributed by atoms with E-state index in [4.69, 9.17) is 18.0 Å². The molecule has 19 heavy (non-hydrogen) atoms. The molecule has 1 aliphatic rings. The summed E-state index contributed by atoms with van der Waals surface area (Å²) in [5.41, 5.74) is 6.48. The number of nitrogens with two attached hydrogens (primary N) is 1. The Balaban J connectivity index is 2.17. The number of benzene rings is 1. The lowest BCUT2D eigenvalue weighted by molar-refractivity contribution is -0.0181. The lowest BCUT2D eigenvalue weighted by Crippen LogP contribution is -2.45. The van der Waals surface area contributed by atoms with Crippen LogP contribution in [0.4, 0.5) is 4.39 Å². The van der Waals surface area contributed by atoms with Crippen molar-refractivity contribution in [2.24, 2.45) is 5.73 Å². The molecule has 1 heterocycles. The fraction of sp³-hybridized carbons (Fsp3) is 0.500. The molecule has 1 aromatic rings. The normalized spacial score (nSPS) is 24.4. The lowest BCUT2D eigenvalue weighted by Gasteiger charge is -2.37. The van der Waals surface area contributed by atoms with Crippen LogP contribution in [0.2, 0.25) is 0 Å². The minimum absolute atomic E-state index is 0.207. The van der Waals surface area contributed by atoms with Gasteiger partial charge in [0.15, 0.2) is 0 Å². The summed E-state index contributed by atoms with van der Waals surface area (Å²) in [7, 11) is 0. The van der Waals surface area contributed by atoms with E-state index < -0.39 is 5.60 Å². The predicted molar refractivity (Wildman–Crippen MR) is 77.4 cm³/mol. The van der Waals surface area contributed by atoms with Gasteiger partial charge in [0.1, 0.15) is 10.8 Å². The van der Waals surface area contributed by atoms with E-state index in [0.717, 1.165) is 24.9 Å². The highest BCUT2D eigenvalue weighted by Crippen LogP contribution is 2.23. The Bertz CT molecular complexity index is 490. The largest absolute Gasteiger partial charge is 0.389 e. The van der Waals surface area contributed by atoms with Crippen molar-refractivity contribution in [3.8, 4) is 0 Å². The van der Waals surface area contributed by atoms with Gasteiger partial charge in [0.2, 0.25) is 0 Å². The summed E-state index contributed by atoms with van der Waals surface area (Å²) in [6.07, 6.45) is 1.77. The van der Waals surface area contributed by atoms with Crippen molar-refractivity contribution < 1.29 is 9.50 Å². The summed E-state index contributed by atoms with van der Waals surface area (Å²) in [4.78, 5) is 2.36. The molecule has 3 N–H and O–H groups in total. The highest BCUT2D eigenvalue weighted by molar-refractivity contribution is 7.80. The minimum Gasteiger partial charge on any atom is -0.389 e. The second-order valence-electron chi connectivity index (χ2n) is 5.48. The van der Waals surface area contributed by atoms with Crippen LogP contribution in [0.1, 0.15) is 30.9 Å². The van der Waals surface area contributed by atoms with E-state index in [-0.39, 0.29) is 10.8 Å². The van der Waals surface area contributed by atoms with Gasteiger partial charge in [-0.25, -0.2) is 4.39 Å². The molecule has 1 aliphatic heterocycles. The Labute approximate surface area is 118 Å². The number of rotatable bonds is 3. The van der Waals surface area contributed by atoms with Crippen LogP contribution in [0.3, 0.4) is 0 Å². The molecule has 3 nitrogen and oxygen atoms in total. The number of hydrogen-bond acceptors (Lipinski definition) is 3. The van der Waals surface area contributed by atoms with Crippen molar-refractivity contribution in [1.82, 2.24) is 4.90 Å². The van der Waals surface area contributed by atoms with Gasteiger partial charge in [0, 0.05) is 18.7 Å². The molecular formula is C14H19FN2OS. The van der Waals surface area contributed by atoms with Crippen molar-refractivity contribution in [1.29, 1.82) is 0 Å². The molecule has 1 aromatic carbocycles. The molecule has 0 saturated carbocycles. The van der Waals surface area contributed by atoms with Crippen LogP contribution in [-0.4, -0.2) is 33.7 Å². The summed E-state index contributed by atoms with van der Waals surface area (Å²) < 4.78 is 13.2. The van der Waals surface area contributed by atoms with Crippen LogP contribution in [0.5, 0.6) is 0 Å². The first-order chi connectivity index (χ1) is 8.87. The molecule has 0 spiro atoms. The van der Waals surface area contributed by atoms with Crippen molar-refractivity contribution >= 4 is 17.2 Å². The predicted octanol–water partition coefficient (Wildman–Crippen LogP) is 1.81.